The summed E-state index contributed by atoms with van der Waals surface area (Å²) in [5, 5.41) is 47.2. The molecule has 19 aromatic rings. The van der Waals surface area contributed by atoms with Gasteiger partial charge in [0.2, 0.25) is 0 Å². The molecular formula is C104H86Cl4N16O10. The molecule has 1 aliphatic rings. The number of amides is 4. The van der Waals surface area contributed by atoms with E-state index < -0.39 is 29.7 Å². The zero-order chi connectivity index (χ0) is 94.2. The van der Waals surface area contributed by atoms with Crippen LogP contribution in [0.15, 0.2) is 305 Å². The smallest absolute Gasteiger partial charge is 0.264 e. The van der Waals surface area contributed by atoms with E-state index in [9.17, 15) is 48.6 Å². The van der Waals surface area contributed by atoms with Crippen molar-refractivity contribution in [2.75, 3.05) is 0 Å². The molecule has 4 atom stereocenters. The molecule has 10 aromatic heterocycles. The van der Waals surface area contributed by atoms with Crippen LogP contribution >= 0.6 is 46.4 Å². The number of nitrogens with zero attached hydrogens (tertiary/aromatic N) is 12. The number of aryl methyl sites for hydroxylation is 4. The van der Waals surface area contributed by atoms with Crippen LogP contribution in [0.4, 0.5) is 0 Å². The molecule has 26 nitrogen and oxygen atoms in total. The molecule has 0 saturated heterocycles. The lowest BCUT2D eigenvalue weighted by Crippen LogP contribution is -2.32. The van der Waals surface area contributed by atoms with Crippen molar-refractivity contribution in [3.8, 4) is 34.2 Å². The van der Waals surface area contributed by atoms with Crippen molar-refractivity contribution < 1.29 is 29.4 Å². The van der Waals surface area contributed by atoms with Crippen molar-refractivity contribution in [3.63, 3.8) is 0 Å². The van der Waals surface area contributed by atoms with Gasteiger partial charge in [-0.2, -0.15) is 10.2 Å². The van der Waals surface area contributed by atoms with Gasteiger partial charge in [0, 0.05) is 89.2 Å². The van der Waals surface area contributed by atoms with Gasteiger partial charge in [-0.05, 0) is 234 Å². The topological polar surface area (TPSA) is 323 Å². The van der Waals surface area contributed by atoms with Gasteiger partial charge in [0.05, 0.1) is 94.1 Å². The molecular weight excluding hydrogens is 1780 g/mol. The van der Waals surface area contributed by atoms with Gasteiger partial charge in [-0.25, -0.2) is 24.0 Å². The third-order valence-electron chi connectivity index (χ3n) is 23.7. The highest BCUT2D eigenvalue weighted by molar-refractivity contribution is 6.37. The molecule has 20 rings (SSSR count). The molecule has 1 saturated carbocycles. The summed E-state index contributed by atoms with van der Waals surface area (Å²) in [6.45, 7) is 14.6. The average molecular weight is 1860 g/mol. The molecule has 30 heteroatoms. The Morgan fingerprint density at radius 1 is 0.366 bits per heavy atom. The molecule has 10 heterocycles. The van der Waals surface area contributed by atoms with Gasteiger partial charge in [-0.15, -0.1) is 0 Å². The number of halogens is 4. The number of pyridine rings is 5. The van der Waals surface area contributed by atoms with E-state index >= 15 is 0 Å². The Labute approximate surface area is 785 Å². The number of aromatic nitrogens is 12. The van der Waals surface area contributed by atoms with Gasteiger partial charge in [0.1, 0.15) is 28.3 Å². The zero-order valence-corrected chi connectivity index (χ0v) is 76.5. The van der Waals surface area contributed by atoms with Gasteiger partial charge in [0.15, 0.2) is 11.3 Å². The maximum atomic E-state index is 13.6. The number of phenols is 2. The van der Waals surface area contributed by atoms with E-state index in [1.807, 2.05) is 160 Å². The zero-order valence-electron chi connectivity index (χ0n) is 73.5. The molecule has 0 spiro atoms. The molecule has 670 valence electrons. The second kappa shape index (κ2) is 38.1. The Hall–Kier alpha value is -15.6. The fourth-order valence-electron chi connectivity index (χ4n) is 16.9. The summed E-state index contributed by atoms with van der Waals surface area (Å²) in [5.74, 6) is -0.613. The molecule has 1 aliphatic carbocycles. The maximum absolute atomic E-state index is 13.6. The van der Waals surface area contributed by atoms with Crippen LogP contribution in [-0.2, 0) is 0 Å². The fraction of sp³-hybridized carbons (Fsp3) is 0.144. The Balaban J connectivity index is 0.000000124. The van der Waals surface area contributed by atoms with Crippen LogP contribution in [-0.4, -0.2) is 90.7 Å². The van der Waals surface area contributed by atoms with Crippen LogP contribution in [0.25, 0.3) is 82.8 Å². The number of rotatable bonds is 17. The van der Waals surface area contributed by atoms with Crippen LogP contribution in [0.5, 0.6) is 11.5 Å². The lowest BCUT2D eigenvalue weighted by atomic mass is 10.0. The summed E-state index contributed by atoms with van der Waals surface area (Å²) in [7, 11) is 0. The fourth-order valence-corrected chi connectivity index (χ4v) is 18.0. The molecule has 0 unspecified atom stereocenters. The van der Waals surface area contributed by atoms with Gasteiger partial charge < -0.3 is 35.9 Å². The third kappa shape index (κ3) is 17.9. The molecule has 0 bridgehead atoms. The summed E-state index contributed by atoms with van der Waals surface area (Å²) in [6, 6.07) is 69.8. The molecule has 134 heavy (non-hydrogen) atoms. The molecule has 9 aromatic carbocycles. The van der Waals surface area contributed by atoms with Gasteiger partial charge in [-0.1, -0.05) is 162 Å². The minimum atomic E-state index is -0.610. The average Bonchev–Trinajstić information content (AvgIpc) is 1.01. The highest BCUT2D eigenvalue weighted by Gasteiger charge is 2.31. The van der Waals surface area contributed by atoms with Gasteiger partial charge in [-0.3, -0.25) is 56.6 Å². The Morgan fingerprint density at radius 3 is 1.19 bits per heavy atom. The third-order valence-corrected chi connectivity index (χ3v) is 24.9. The van der Waals surface area contributed by atoms with Crippen molar-refractivity contribution in [2.24, 2.45) is 0 Å². The highest BCUT2D eigenvalue weighted by atomic mass is 35.5. The van der Waals surface area contributed by atoms with Crippen molar-refractivity contribution in [1.82, 2.24) is 78.1 Å². The number of aromatic hydroxyl groups is 2. The van der Waals surface area contributed by atoms with Gasteiger partial charge >= 0.3 is 0 Å². The van der Waals surface area contributed by atoms with E-state index in [4.69, 9.17) is 46.4 Å². The number of imidazole rings is 1. The predicted molar refractivity (Wildman–Crippen MR) is 524 cm³/mol. The van der Waals surface area contributed by atoms with Crippen LogP contribution in [0, 0.1) is 27.7 Å². The minimum absolute atomic E-state index is 0.0133. The second-order valence-electron chi connectivity index (χ2n) is 32.7. The second-order valence-corrected chi connectivity index (χ2v) is 34.3. The first kappa shape index (κ1) is 90.3. The summed E-state index contributed by atoms with van der Waals surface area (Å²) >= 11 is 25.5. The maximum Gasteiger partial charge on any atom is 0.264 e. The number of carbonyl (C=O) groups is 4. The largest absolute Gasteiger partial charge is 0.508 e. The summed E-state index contributed by atoms with van der Waals surface area (Å²) in [4.78, 5) is 120. The number of nitrogens with one attached hydrogen (secondary N) is 4. The van der Waals surface area contributed by atoms with Crippen LogP contribution in [0.3, 0.4) is 0 Å². The number of para-hydroxylation sites is 4. The number of carbonyl (C=O) groups excluding carboxylic acids is 4. The van der Waals surface area contributed by atoms with E-state index in [2.05, 4.69) is 52.5 Å². The standard InChI is InChI=1S/C28H25ClN2O2.C26H21ClN4O2.2C25H20ClN5O3/c1-17-11-12-20(19-13-14-19)15-23(17)27(32)30-18(2)25-16-21-7-6-10-24(29)26(21)28(33)31(25)22-8-4-3-5-9-22;1-16-11-13-30-14-12-28-24(30)22(16)25(32)29-17(2)21-15-18-7-6-10-20(27)23(18)26(33)31(21)19-8-4-3-5-9-19;1-14(28-24(33)21-15(2)29-30-11-5-10-27-23(21)30)20-12-16-6-3-9-19(26)22(16)25(34)31(20)17-7-4-8-18(32)13-17;1-14(28-24(33)21-15(2)29-30-12-6-11-27-23(21)30)19-13-16-7-5-8-17(26)22(16)25(34)31(19)18-9-3-4-10-20(18)32/h3-12,15-16,18-19H,13-14H2,1-2H3,(H,30,32);3-15,17H,1-2H3,(H,29,32);2*3-14,32H,1-2H3,(H,28,33)/t18-;17-;2*14-/m0000/s1. The summed E-state index contributed by atoms with van der Waals surface area (Å²) in [6.07, 6.45) is 14.3. The van der Waals surface area contributed by atoms with Crippen LogP contribution < -0.4 is 43.5 Å². The predicted octanol–water partition coefficient (Wildman–Crippen LogP) is 19.8. The minimum Gasteiger partial charge on any atom is -0.508 e. The number of fused-ring (bicyclic) bond motifs is 7. The van der Waals surface area contributed by atoms with E-state index in [-0.39, 0.29) is 51.8 Å². The van der Waals surface area contributed by atoms with Crippen molar-refractivity contribution in [2.45, 2.75) is 98.3 Å². The summed E-state index contributed by atoms with van der Waals surface area (Å²) < 4.78 is 11.0. The number of benzene rings is 9. The first-order chi connectivity index (χ1) is 64.6. The van der Waals surface area contributed by atoms with Gasteiger partial charge in [0.25, 0.3) is 45.9 Å². The molecule has 1 fully saturated rings. The Kier molecular flexibility index (Phi) is 25.7. The number of hydrogen-bond acceptors (Lipinski definition) is 15. The quantitative estimate of drug-likeness (QED) is 0.0493. The first-order valence-corrected chi connectivity index (χ1v) is 44.5. The molecule has 0 aliphatic heterocycles. The number of hydrogen-bond donors (Lipinski definition) is 6. The van der Waals surface area contributed by atoms with E-state index in [0.29, 0.717) is 149 Å². The van der Waals surface area contributed by atoms with Crippen molar-refractivity contribution in [3.05, 3.63) is 421 Å². The van der Waals surface area contributed by atoms with Crippen molar-refractivity contribution in [1.29, 1.82) is 0 Å². The summed E-state index contributed by atoms with van der Waals surface area (Å²) in [5.41, 5.74) is 10.8. The van der Waals surface area contributed by atoms with Crippen LogP contribution in [0.1, 0.15) is 163 Å². The first-order valence-electron chi connectivity index (χ1n) is 43.0. The number of phenolic OH excluding ortho intramolecular Hbond substituents is 2. The van der Waals surface area contributed by atoms with Crippen molar-refractivity contribution >= 4 is 130 Å². The van der Waals surface area contributed by atoms with E-state index in [0.717, 1.165) is 27.6 Å². The Morgan fingerprint density at radius 2 is 0.754 bits per heavy atom. The molecule has 6 N–H and O–H groups in total. The lowest BCUT2D eigenvalue weighted by Gasteiger charge is -2.22. The molecule has 0 radical (unpaired) electrons. The normalized spacial score (nSPS) is 12.7. The Bertz CT molecular complexity index is 8170. The van der Waals surface area contributed by atoms with E-state index in [1.165, 1.54) is 45.7 Å². The lowest BCUT2D eigenvalue weighted by molar-refractivity contribution is 0.0930. The van der Waals surface area contributed by atoms with E-state index in [1.54, 1.807) is 180 Å². The monoisotopic (exact) mass is 1860 g/mol. The SMILES string of the molecule is Cc1ccc(C2CC2)cc1C(=O)N[C@@H](C)c1cc2cccc(Cl)c2c(=O)n1-c1ccccc1.Cc1ccn2ccnc2c1C(=O)N[C@@H](C)c1cc2cccc(Cl)c2c(=O)n1-c1ccccc1.Cc1nn2cccnc2c1C(=O)N[C@@H](C)c1cc2cccc(Cl)c2c(=O)n1-c1cccc(O)c1.Cc1nn2cccnc2c1C(=O)N[C@@H](C)c1cc2cccc(Cl)c2c(=O)n1-c1ccccc1O. The molecule has 4 amide bonds. The highest BCUT2D eigenvalue weighted by Crippen LogP contribution is 2.41. The van der Waals surface area contributed by atoms with Crippen LogP contribution in [0.2, 0.25) is 20.1 Å².